The predicted octanol–water partition coefficient (Wildman–Crippen LogP) is 2.98. The Morgan fingerprint density at radius 1 is 0.947 bits per heavy atom. The van der Waals surface area contributed by atoms with Gasteiger partial charge in [-0.1, -0.05) is 54.6 Å². The Kier molecular flexibility index (Phi) is 1.86. The van der Waals surface area contributed by atoms with E-state index >= 15 is 0 Å². The van der Waals surface area contributed by atoms with Crippen LogP contribution in [0.15, 0.2) is 54.6 Å². The average Bonchev–Trinajstić information content (AvgIpc) is 2.95. The molecule has 0 saturated heterocycles. The summed E-state index contributed by atoms with van der Waals surface area (Å²) in [4.78, 5) is 14.6. The van der Waals surface area contributed by atoms with Crippen molar-refractivity contribution in [2.75, 3.05) is 11.9 Å². The van der Waals surface area contributed by atoms with Crippen molar-refractivity contribution in [1.82, 2.24) is 0 Å². The van der Waals surface area contributed by atoms with Gasteiger partial charge in [0.05, 0.1) is 0 Å². The molecule has 1 unspecified atom stereocenters. The van der Waals surface area contributed by atoms with E-state index in [1.54, 1.807) is 4.90 Å². The molecular formula is C17H13NO. The molecule has 0 aromatic heterocycles. The third-order valence-electron chi connectivity index (χ3n) is 4.23. The summed E-state index contributed by atoms with van der Waals surface area (Å²) in [6, 6.07) is 16.2. The van der Waals surface area contributed by atoms with Gasteiger partial charge >= 0.3 is 0 Å². The summed E-state index contributed by atoms with van der Waals surface area (Å²) in [6.45, 7) is 0. The van der Waals surface area contributed by atoms with Crippen LogP contribution in [-0.2, 0) is 10.2 Å². The van der Waals surface area contributed by atoms with Crippen molar-refractivity contribution in [3.05, 3.63) is 71.3 Å². The molecule has 2 aromatic carbocycles. The number of nitrogens with zero attached hydrogens (tertiary/aromatic N) is 1. The second-order valence-electron chi connectivity index (χ2n) is 5.11. The van der Waals surface area contributed by atoms with Crippen LogP contribution in [0.3, 0.4) is 0 Å². The maximum absolute atomic E-state index is 12.8. The van der Waals surface area contributed by atoms with Crippen molar-refractivity contribution >= 4 is 17.7 Å². The van der Waals surface area contributed by atoms with Gasteiger partial charge in [-0.2, -0.15) is 0 Å². The molecule has 0 saturated carbocycles. The van der Waals surface area contributed by atoms with E-state index in [1.807, 2.05) is 43.5 Å². The topological polar surface area (TPSA) is 20.3 Å². The van der Waals surface area contributed by atoms with Crippen molar-refractivity contribution in [3.63, 3.8) is 0 Å². The SMILES string of the molecule is CN1C(=O)C2(C=Cc3ccccc32)c2ccccc21. The summed E-state index contributed by atoms with van der Waals surface area (Å²) in [6.07, 6.45) is 4.10. The molecule has 19 heavy (non-hydrogen) atoms. The van der Waals surface area contributed by atoms with Crippen LogP contribution >= 0.6 is 0 Å². The number of benzene rings is 2. The molecule has 1 amide bonds. The maximum Gasteiger partial charge on any atom is 0.245 e. The van der Waals surface area contributed by atoms with Gasteiger partial charge in [0.2, 0.25) is 5.91 Å². The summed E-state index contributed by atoms with van der Waals surface area (Å²) >= 11 is 0. The Morgan fingerprint density at radius 2 is 1.63 bits per heavy atom. The average molecular weight is 247 g/mol. The van der Waals surface area contributed by atoms with E-state index in [2.05, 4.69) is 24.3 Å². The minimum atomic E-state index is -0.609. The standard InChI is InChI=1S/C17H13NO/c1-18-15-9-5-4-8-14(15)17(16(18)19)11-10-12-6-2-3-7-13(12)17/h2-11H,1H3. The third-order valence-corrected chi connectivity index (χ3v) is 4.23. The summed E-state index contributed by atoms with van der Waals surface area (Å²) in [7, 11) is 1.85. The number of likely N-dealkylation sites (N-methyl/N-ethyl adjacent to an activating group) is 1. The normalized spacial score (nSPS) is 23.0. The van der Waals surface area contributed by atoms with E-state index in [1.165, 1.54) is 0 Å². The van der Waals surface area contributed by atoms with Crippen molar-refractivity contribution in [2.45, 2.75) is 5.41 Å². The van der Waals surface area contributed by atoms with Crippen LogP contribution in [0.4, 0.5) is 5.69 Å². The molecule has 1 heterocycles. The lowest BCUT2D eigenvalue weighted by Crippen LogP contribution is -2.37. The van der Waals surface area contributed by atoms with Gasteiger partial charge < -0.3 is 4.90 Å². The fourth-order valence-corrected chi connectivity index (χ4v) is 3.32. The van der Waals surface area contributed by atoms with Crippen LogP contribution in [-0.4, -0.2) is 13.0 Å². The van der Waals surface area contributed by atoms with Crippen molar-refractivity contribution < 1.29 is 4.79 Å². The minimum absolute atomic E-state index is 0.134. The first kappa shape index (κ1) is 10.6. The monoisotopic (exact) mass is 247 g/mol. The zero-order valence-electron chi connectivity index (χ0n) is 10.6. The van der Waals surface area contributed by atoms with E-state index in [-0.39, 0.29) is 5.91 Å². The van der Waals surface area contributed by atoms with Gasteiger partial charge in [-0.25, -0.2) is 0 Å². The molecule has 1 spiro atoms. The molecule has 1 aliphatic carbocycles. The van der Waals surface area contributed by atoms with Crippen molar-refractivity contribution in [1.29, 1.82) is 0 Å². The van der Waals surface area contributed by atoms with Gasteiger partial charge in [0.1, 0.15) is 5.41 Å². The van der Waals surface area contributed by atoms with Gasteiger partial charge in [-0.3, -0.25) is 4.79 Å². The summed E-state index contributed by atoms with van der Waals surface area (Å²) in [5, 5.41) is 0. The number of hydrogen-bond acceptors (Lipinski definition) is 1. The van der Waals surface area contributed by atoms with Crippen LogP contribution in [0.1, 0.15) is 16.7 Å². The highest BCUT2D eigenvalue weighted by molar-refractivity contribution is 6.13. The van der Waals surface area contributed by atoms with Crippen LogP contribution in [0.2, 0.25) is 0 Å². The number of para-hydroxylation sites is 1. The van der Waals surface area contributed by atoms with E-state index in [4.69, 9.17) is 0 Å². The van der Waals surface area contributed by atoms with Gasteiger partial charge in [0.15, 0.2) is 0 Å². The van der Waals surface area contributed by atoms with Gasteiger partial charge in [0.25, 0.3) is 0 Å². The number of rotatable bonds is 0. The zero-order valence-corrected chi connectivity index (χ0v) is 10.6. The summed E-state index contributed by atoms with van der Waals surface area (Å²) in [5.74, 6) is 0.134. The van der Waals surface area contributed by atoms with E-state index < -0.39 is 5.41 Å². The summed E-state index contributed by atoms with van der Waals surface area (Å²) < 4.78 is 0. The Bertz CT molecular complexity index is 732. The Hall–Kier alpha value is -2.35. The molecule has 2 heteroatoms. The molecule has 2 aliphatic rings. The third kappa shape index (κ3) is 1.09. The Morgan fingerprint density at radius 3 is 2.47 bits per heavy atom. The van der Waals surface area contributed by atoms with Gasteiger partial charge in [-0.05, 0) is 22.8 Å². The fourth-order valence-electron chi connectivity index (χ4n) is 3.32. The lowest BCUT2D eigenvalue weighted by molar-refractivity contribution is -0.120. The Labute approximate surface area is 112 Å². The molecule has 0 N–H and O–H groups in total. The smallest absolute Gasteiger partial charge is 0.245 e. The number of hydrogen-bond donors (Lipinski definition) is 0. The molecule has 1 aliphatic heterocycles. The fraction of sp³-hybridized carbons (Fsp3) is 0.118. The molecule has 2 aromatic rings. The molecule has 0 fully saturated rings. The Balaban J connectivity index is 2.09. The summed E-state index contributed by atoms with van der Waals surface area (Å²) in [5.41, 5.74) is 3.72. The highest BCUT2D eigenvalue weighted by Crippen LogP contribution is 2.50. The minimum Gasteiger partial charge on any atom is -0.314 e. The van der Waals surface area contributed by atoms with Crippen LogP contribution in [0.5, 0.6) is 0 Å². The first-order valence-electron chi connectivity index (χ1n) is 6.41. The quantitative estimate of drug-likeness (QED) is 0.701. The second kappa shape index (κ2) is 3.35. The van der Waals surface area contributed by atoms with Gasteiger partial charge in [0, 0.05) is 12.7 Å². The number of anilines is 1. The lowest BCUT2D eigenvalue weighted by Gasteiger charge is -2.22. The first-order valence-corrected chi connectivity index (χ1v) is 6.41. The van der Waals surface area contributed by atoms with Crippen molar-refractivity contribution in [2.24, 2.45) is 0 Å². The second-order valence-corrected chi connectivity index (χ2v) is 5.11. The number of carbonyl (C=O) groups excluding carboxylic acids is 1. The van der Waals surface area contributed by atoms with E-state index in [0.717, 1.165) is 22.4 Å². The molecule has 0 bridgehead atoms. The number of amides is 1. The highest BCUT2D eigenvalue weighted by atomic mass is 16.2. The molecule has 0 radical (unpaired) electrons. The van der Waals surface area contributed by atoms with Crippen LogP contribution in [0, 0.1) is 0 Å². The molecule has 1 atom stereocenters. The largest absolute Gasteiger partial charge is 0.314 e. The number of carbonyl (C=O) groups is 1. The zero-order chi connectivity index (χ0) is 13.0. The molecule has 2 nitrogen and oxygen atoms in total. The lowest BCUT2D eigenvalue weighted by atomic mass is 9.77. The molecule has 4 rings (SSSR count). The van der Waals surface area contributed by atoms with Crippen LogP contribution in [0.25, 0.3) is 6.08 Å². The first-order chi connectivity index (χ1) is 9.25. The maximum atomic E-state index is 12.8. The predicted molar refractivity (Wildman–Crippen MR) is 76.1 cm³/mol. The highest BCUT2D eigenvalue weighted by Gasteiger charge is 2.51. The molecular weight excluding hydrogens is 234 g/mol. The van der Waals surface area contributed by atoms with Crippen molar-refractivity contribution in [3.8, 4) is 0 Å². The van der Waals surface area contributed by atoms with E-state index in [9.17, 15) is 4.79 Å². The van der Waals surface area contributed by atoms with Gasteiger partial charge in [-0.15, -0.1) is 0 Å². The molecule has 92 valence electrons. The van der Waals surface area contributed by atoms with Crippen LogP contribution < -0.4 is 4.90 Å². The number of fused-ring (bicyclic) bond motifs is 4. The van der Waals surface area contributed by atoms with E-state index in [0.29, 0.717) is 0 Å².